The maximum Gasteiger partial charge on any atom is 0.257 e. The van der Waals surface area contributed by atoms with Gasteiger partial charge in [-0.05, 0) is 12.8 Å². The molecule has 0 aromatic carbocycles. The Balaban J connectivity index is 1.98. The Labute approximate surface area is 71.5 Å². The number of carbonyl (C=O) groups is 1. The van der Waals surface area contributed by atoms with Gasteiger partial charge in [0, 0.05) is 26.2 Å². The van der Waals surface area contributed by atoms with Gasteiger partial charge in [0.05, 0.1) is 0 Å². The molecule has 0 saturated carbocycles. The number of rotatable bonds is 1. The van der Waals surface area contributed by atoms with Crippen LogP contribution in [0, 0.1) is 0 Å². The van der Waals surface area contributed by atoms with Crippen LogP contribution in [-0.2, 0) is 4.79 Å². The van der Waals surface area contributed by atoms with E-state index in [2.05, 4.69) is 5.32 Å². The SMILES string of the molecule is O=C(N1CCCC1)C1(O)CNC1. The van der Waals surface area contributed by atoms with E-state index in [9.17, 15) is 9.90 Å². The molecule has 0 radical (unpaired) electrons. The molecule has 0 spiro atoms. The molecule has 2 rings (SSSR count). The fourth-order valence-electron chi connectivity index (χ4n) is 1.73. The third kappa shape index (κ3) is 1.11. The van der Waals surface area contributed by atoms with Crippen LogP contribution in [0.2, 0.25) is 0 Å². The normalized spacial score (nSPS) is 26.9. The van der Waals surface area contributed by atoms with E-state index in [0.717, 1.165) is 25.9 Å². The molecule has 2 fully saturated rings. The highest BCUT2D eigenvalue weighted by Crippen LogP contribution is 2.18. The zero-order valence-corrected chi connectivity index (χ0v) is 7.05. The lowest BCUT2D eigenvalue weighted by Gasteiger charge is -2.38. The van der Waals surface area contributed by atoms with E-state index in [1.807, 2.05) is 0 Å². The molecule has 2 N–H and O–H groups in total. The van der Waals surface area contributed by atoms with Gasteiger partial charge >= 0.3 is 0 Å². The van der Waals surface area contributed by atoms with Crippen LogP contribution in [0.1, 0.15) is 12.8 Å². The molecule has 0 unspecified atom stereocenters. The second-order valence-corrected chi connectivity index (χ2v) is 3.63. The molecule has 2 aliphatic rings. The summed E-state index contributed by atoms with van der Waals surface area (Å²) in [6, 6.07) is 0. The molecule has 0 bridgehead atoms. The van der Waals surface area contributed by atoms with Gasteiger partial charge in [0.15, 0.2) is 5.60 Å². The number of hydrogen-bond acceptors (Lipinski definition) is 3. The smallest absolute Gasteiger partial charge is 0.257 e. The summed E-state index contributed by atoms with van der Waals surface area (Å²) in [5.41, 5.74) is -1.08. The Hall–Kier alpha value is -0.610. The first-order valence-electron chi connectivity index (χ1n) is 4.45. The minimum Gasteiger partial charge on any atom is -0.377 e. The van der Waals surface area contributed by atoms with Gasteiger partial charge in [-0.3, -0.25) is 4.79 Å². The van der Waals surface area contributed by atoms with Gasteiger partial charge in [0.2, 0.25) is 0 Å². The third-order valence-corrected chi connectivity index (χ3v) is 2.63. The fraction of sp³-hybridized carbons (Fsp3) is 0.875. The van der Waals surface area contributed by atoms with Crippen molar-refractivity contribution in [1.82, 2.24) is 10.2 Å². The highest BCUT2D eigenvalue weighted by Gasteiger charge is 2.44. The summed E-state index contributed by atoms with van der Waals surface area (Å²) in [6.45, 7) is 2.48. The van der Waals surface area contributed by atoms with Crippen molar-refractivity contribution in [3.63, 3.8) is 0 Å². The fourth-order valence-corrected chi connectivity index (χ4v) is 1.73. The summed E-state index contributed by atoms with van der Waals surface area (Å²) in [7, 11) is 0. The molecule has 0 aromatic rings. The van der Waals surface area contributed by atoms with E-state index in [1.54, 1.807) is 4.90 Å². The van der Waals surface area contributed by atoms with Crippen LogP contribution in [0.3, 0.4) is 0 Å². The van der Waals surface area contributed by atoms with E-state index in [0.29, 0.717) is 13.1 Å². The van der Waals surface area contributed by atoms with Gasteiger partial charge in [-0.2, -0.15) is 0 Å². The Morgan fingerprint density at radius 3 is 2.33 bits per heavy atom. The van der Waals surface area contributed by atoms with E-state index in [1.165, 1.54) is 0 Å². The Kier molecular flexibility index (Phi) is 1.81. The average molecular weight is 170 g/mol. The van der Waals surface area contributed by atoms with E-state index in [4.69, 9.17) is 0 Å². The molecular weight excluding hydrogens is 156 g/mol. The summed E-state index contributed by atoms with van der Waals surface area (Å²) in [5.74, 6) is -0.0845. The number of amides is 1. The number of β-amino-alcohol motifs (C(OH)–C–C–N with tert-alkyl or cyclic N) is 1. The van der Waals surface area contributed by atoms with Crippen molar-refractivity contribution >= 4 is 5.91 Å². The molecule has 0 aromatic heterocycles. The summed E-state index contributed by atoms with van der Waals surface area (Å²) in [4.78, 5) is 13.4. The number of hydrogen-bond donors (Lipinski definition) is 2. The van der Waals surface area contributed by atoms with Crippen molar-refractivity contribution in [2.24, 2.45) is 0 Å². The van der Waals surface area contributed by atoms with Crippen LogP contribution in [-0.4, -0.2) is 47.7 Å². The zero-order valence-electron chi connectivity index (χ0n) is 7.05. The van der Waals surface area contributed by atoms with Crippen molar-refractivity contribution in [1.29, 1.82) is 0 Å². The lowest BCUT2D eigenvalue weighted by atomic mass is 9.95. The van der Waals surface area contributed by atoms with Crippen LogP contribution in [0.25, 0.3) is 0 Å². The van der Waals surface area contributed by atoms with Gasteiger partial charge in [-0.25, -0.2) is 0 Å². The standard InChI is InChI=1S/C8H14N2O2/c11-7(8(12)5-9-6-8)10-3-1-2-4-10/h9,12H,1-6H2. The topological polar surface area (TPSA) is 52.6 Å². The number of carbonyl (C=O) groups excluding carboxylic acids is 1. The van der Waals surface area contributed by atoms with Crippen molar-refractivity contribution < 1.29 is 9.90 Å². The van der Waals surface area contributed by atoms with Crippen molar-refractivity contribution in [2.45, 2.75) is 18.4 Å². The van der Waals surface area contributed by atoms with Gasteiger partial charge in [0.1, 0.15) is 0 Å². The maximum atomic E-state index is 11.6. The summed E-state index contributed by atoms with van der Waals surface area (Å²) < 4.78 is 0. The van der Waals surface area contributed by atoms with Gasteiger partial charge in [0.25, 0.3) is 5.91 Å². The quantitative estimate of drug-likeness (QED) is 0.527. The number of likely N-dealkylation sites (tertiary alicyclic amines) is 1. The van der Waals surface area contributed by atoms with Crippen LogP contribution in [0.4, 0.5) is 0 Å². The largest absolute Gasteiger partial charge is 0.377 e. The predicted molar refractivity (Wildman–Crippen MR) is 43.6 cm³/mol. The van der Waals surface area contributed by atoms with Crippen LogP contribution < -0.4 is 5.32 Å². The molecular formula is C8H14N2O2. The first-order valence-corrected chi connectivity index (χ1v) is 4.45. The number of nitrogens with zero attached hydrogens (tertiary/aromatic N) is 1. The Morgan fingerprint density at radius 1 is 1.33 bits per heavy atom. The lowest BCUT2D eigenvalue weighted by molar-refractivity contribution is -0.155. The van der Waals surface area contributed by atoms with E-state index >= 15 is 0 Å². The summed E-state index contributed by atoms with van der Waals surface area (Å²) in [5, 5.41) is 12.6. The molecule has 2 heterocycles. The first-order chi connectivity index (χ1) is 5.72. The second-order valence-electron chi connectivity index (χ2n) is 3.63. The molecule has 1 amide bonds. The van der Waals surface area contributed by atoms with Gasteiger partial charge in [-0.15, -0.1) is 0 Å². The summed E-state index contributed by atoms with van der Waals surface area (Å²) in [6.07, 6.45) is 2.16. The van der Waals surface area contributed by atoms with Gasteiger partial charge in [-0.1, -0.05) is 0 Å². The molecule has 0 atom stereocenters. The highest BCUT2D eigenvalue weighted by atomic mass is 16.3. The van der Waals surface area contributed by atoms with Crippen LogP contribution in [0.5, 0.6) is 0 Å². The van der Waals surface area contributed by atoms with E-state index < -0.39 is 5.60 Å². The highest BCUT2D eigenvalue weighted by molar-refractivity contribution is 5.86. The summed E-state index contributed by atoms with van der Waals surface area (Å²) >= 11 is 0. The number of aliphatic hydroxyl groups is 1. The van der Waals surface area contributed by atoms with Gasteiger partial charge < -0.3 is 15.3 Å². The minimum atomic E-state index is -1.08. The first kappa shape index (κ1) is 8.01. The van der Waals surface area contributed by atoms with Crippen molar-refractivity contribution in [3.05, 3.63) is 0 Å². The molecule has 12 heavy (non-hydrogen) atoms. The Bertz CT molecular complexity index is 195. The number of nitrogens with one attached hydrogen (secondary N) is 1. The minimum absolute atomic E-state index is 0.0845. The van der Waals surface area contributed by atoms with Crippen molar-refractivity contribution in [3.8, 4) is 0 Å². The Morgan fingerprint density at radius 2 is 1.92 bits per heavy atom. The molecule has 2 saturated heterocycles. The van der Waals surface area contributed by atoms with E-state index in [-0.39, 0.29) is 5.91 Å². The predicted octanol–water partition coefficient (Wildman–Crippen LogP) is -1.06. The van der Waals surface area contributed by atoms with Crippen LogP contribution >= 0.6 is 0 Å². The molecule has 0 aliphatic carbocycles. The molecule has 4 heteroatoms. The monoisotopic (exact) mass is 170 g/mol. The lowest BCUT2D eigenvalue weighted by Crippen LogP contribution is -2.67. The van der Waals surface area contributed by atoms with Crippen molar-refractivity contribution in [2.75, 3.05) is 26.2 Å². The maximum absolute atomic E-state index is 11.6. The second kappa shape index (κ2) is 2.71. The zero-order chi connectivity index (χ0) is 8.60. The van der Waals surface area contributed by atoms with Crippen LogP contribution in [0.15, 0.2) is 0 Å². The molecule has 68 valence electrons. The molecule has 4 nitrogen and oxygen atoms in total. The third-order valence-electron chi connectivity index (χ3n) is 2.63. The molecule has 2 aliphatic heterocycles. The average Bonchev–Trinajstić information content (AvgIpc) is 2.50.